The first-order valence-corrected chi connectivity index (χ1v) is 10.6. The number of nitrogens with two attached hydrogens (primary N) is 1. The Hall–Kier alpha value is -4.61. The normalized spacial score (nSPS) is 20.8. The molecule has 7 nitrogen and oxygen atoms in total. The summed E-state index contributed by atoms with van der Waals surface area (Å²) >= 11 is 0. The van der Waals surface area contributed by atoms with Crippen LogP contribution in [0.4, 0.5) is 9.18 Å². The zero-order chi connectivity index (χ0) is 24.3. The van der Waals surface area contributed by atoms with Crippen molar-refractivity contribution in [3.8, 4) is 18.2 Å². The molecule has 0 saturated carbocycles. The third-order valence-corrected chi connectivity index (χ3v) is 6.37. The fourth-order valence-electron chi connectivity index (χ4n) is 4.71. The van der Waals surface area contributed by atoms with Crippen LogP contribution in [0.15, 0.2) is 77.5 Å². The maximum absolute atomic E-state index is 15.0. The van der Waals surface area contributed by atoms with E-state index in [1.54, 1.807) is 12.1 Å². The topological polar surface area (TPSA) is 127 Å². The van der Waals surface area contributed by atoms with E-state index >= 15 is 0 Å². The van der Waals surface area contributed by atoms with Crippen molar-refractivity contribution < 1.29 is 13.9 Å². The van der Waals surface area contributed by atoms with E-state index < -0.39 is 29.2 Å². The summed E-state index contributed by atoms with van der Waals surface area (Å²) in [4.78, 5) is 14.3. The molecule has 0 aromatic heterocycles. The van der Waals surface area contributed by atoms with Gasteiger partial charge in [-0.3, -0.25) is 0 Å². The first kappa shape index (κ1) is 22.6. The average molecular weight is 453 g/mol. The second-order valence-electron chi connectivity index (χ2n) is 8.14. The van der Waals surface area contributed by atoms with Crippen molar-refractivity contribution in [2.45, 2.75) is 12.5 Å². The van der Waals surface area contributed by atoms with Gasteiger partial charge in [-0.05, 0) is 22.8 Å². The van der Waals surface area contributed by atoms with Crippen molar-refractivity contribution in [2.75, 3.05) is 13.1 Å². The number of rotatable bonds is 3. The highest BCUT2D eigenvalue weighted by Crippen LogP contribution is 2.54. The van der Waals surface area contributed by atoms with Crippen LogP contribution in [-0.2, 0) is 11.3 Å². The molecule has 2 aromatic carbocycles. The number of fused-ring (bicyclic) bond motifs is 1. The molecular formula is C26H20FN5O2. The zero-order valence-electron chi connectivity index (χ0n) is 18.1. The number of carbonyl (C=O) groups is 1. The summed E-state index contributed by atoms with van der Waals surface area (Å²) < 4.78 is 20.4. The van der Waals surface area contributed by atoms with Crippen LogP contribution in [0.2, 0.25) is 0 Å². The molecule has 2 N–H and O–H groups in total. The fraction of sp³-hybridized carbons (Fsp3) is 0.231. The number of hydrogen-bond donors (Lipinski definition) is 1. The van der Waals surface area contributed by atoms with Crippen molar-refractivity contribution in [1.29, 1.82) is 15.8 Å². The van der Waals surface area contributed by atoms with E-state index in [0.29, 0.717) is 5.57 Å². The second-order valence-corrected chi connectivity index (χ2v) is 8.14. The summed E-state index contributed by atoms with van der Waals surface area (Å²) in [7, 11) is 0. The summed E-state index contributed by atoms with van der Waals surface area (Å²) in [6.07, 6.45) is 1.07. The molecule has 8 heteroatoms. The zero-order valence-corrected chi connectivity index (χ0v) is 18.1. The first-order chi connectivity index (χ1) is 16.5. The maximum Gasteiger partial charge on any atom is 0.410 e. The molecule has 1 heterocycles. The Labute approximate surface area is 196 Å². The van der Waals surface area contributed by atoms with Crippen LogP contribution in [0, 0.1) is 51.1 Å². The lowest BCUT2D eigenvalue weighted by Gasteiger charge is -2.45. The number of nitriles is 3. The maximum atomic E-state index is 15.0. The summed E-state index contributed by atoms with van der Waals surface area (Å²) in [5, 5.41) is 30.0. The Morgan fingerprint density at radius 2 is 1.79 bits per heavy atom. The van der Waals surface area contributed by atoms with Crippen LogP contribution in [0.3, 0.4) is 0 Å². The monoisotopic (exact) mass is 453 g/mol. The molecule has 34 heavy (non-hydrogen) atoms. The van der Waals surface area contributed by atoms with Crippen LogP contribution in [0.1, 0.15) is 17.0 Å². The van der Waals surface area contributed by atoms with Gasteiger partial charge >= 0.3 is 6.09 Å². The smallest absolute Gasteiger partial charge is 0.410 e. The van der Waals surface area contributed by atoms with Crippen molar-refractivity contribution in [3.63, 3.8) is 0 Å². The molecule has 1 amide bonds. The molecule has 1 aliphatic carbocycles. The highest BCUT2D eigenvalue weighted by molar-refractivity contribution is 5.69. The Morgan fingerprint density at radius 3 is 2.44 bits per heavy atom. The molecule has 0 fully saturated rings. The number of carbonyl (C=O) groups excluding carboxylic acids is 1. The summed E-state index contributed by atoms with van der Waals surface area (Å²) in [6, 6.07) is 21.0. The van der Waals surface area contributed by atoms with E-state index in [2.05, 4.69) is 0 Å². The number of ether oxygens (including phenoxy) is 1. The van der Waals surface area contributed by atoms with Crippen LogP contribution >= 0.6 is 0 Å². The van der Waals surface area contributed by atoms with Crippen LogP contribution < -0.4 is 5.73 Å². The Morgan fingerprint density at radius 1 is 1.12 bits per heavy atom. The molecule has 4 rings (SSSR count). The van der Waals surface area contributed by atoms with Gasteiger partial charge in [-0.15, -0.1) is 0 Å². The molecule has 0 bridgehead atoms. The van der Waals surface area contributed by atoms with E-state index in [1.807, 2.05) is 48.5 Å². The molecule has 2 aliphatic rings. The number of nitrogens with zero attached hydrogens (tertiary/aromatic N) is 4. The Kier molecular flexibility index (Phi) is 6.04. The van der Waals surface area contributed by atoms with Crippen molar-refractivity contribution in [1.82, 2.24) is 4.90 Å². The van der Waals surface area contributed by atoms with Gasteiger partial charge in [0.05, 0.1) is 23.4 Å². The lowest BCUT2D eigenvalue weighted by molar-refractivity contribution is 0.0897. The third-order valence-electron chi connectivity index (χ3n) is 6.37. The van der Waals surface area contributed by atoms with E-state index in [4.69, 9.17) is 10.5 Å². The quantitative estimate of drug-likeness (QED) is 0.751. The Bertz CT molecular complexity index is 1300. The predicted octanol–water partition coefficient (Wildman–Crippen LogP) is 3.89. The highest BCUT2D eigenvalue weighted by atomic mass is 19.1. The number of benzene rings is 2. The fourth-order valence-corrected chi connectivity index (χ4v) is 4.71. The van der Waals surface area contributed by atoms with Crippen molar-refractivity contribution in [2.24, 2.45) is 17.1 Å². The average Bonchev–Trinajstić information content (AvgIpc) is 2.87. The minimum absolute atomic E-state index is 0.0259. The van der Waals surface area contributed by atoms with E-state index in [9.17, 15) is 25.0 Å². The van der Waals surface area contributed by atoms with Crippen molar-refractivity contribution >= 4 is 6.09 Å². The van der Waals surface area contributed by atoms with Gasteiger partial charge in [0.25, 0.3) is 0 Å². The van der Waals surface area contributed by atoms with Gasteiger partial charge in [-0.2, -0.15) is 15.8 Å². The molecule has 2 aromatic rings. The summed E-state index contributed by atoms with van der Waals surface area (Å²) in [5.41, 5.74) is 5.52. The minimum Gasteiger partial charge on any atom is -0.445 e. The molecule has 2 atom stereocenters. The van der Waals surface area contributed by atoms with E-state index in [-0.39, 0.29) is 36.5 Å². The summed E-state index contributed by atoms with van der Waals surface area (Å²) in [5.74, 6) is -2.34. The molecule has 168 valence electrons. The minimum atomic E-state index is -1.98. The molecule has 0 saturated heterocycles. The SMILES string of the molecule is N#CC1=C(N)C(C#N)(C#N)[C@H](c2ccccc2F)[C@H]2CN(C(=O)OCc3ccccc3)CC=C12. The standard InChI is InChI=1S/C26H20FN5O2/c27-22-9-5-4-8-19(22)23-21-13-32(25(33)34-14-17-6-2-1-3-7-17)11-10-18(21)20(12-28)24(31)26(23,15-29)16-30/h1-10,21,23H,11,13-14,31H2/t21-,23+/m0/s1. The van der Waals surface area contributed by atoms with E-state index in [0.717, 1.165) is 5.56 Å². The third kappa shape index (κ3) is 3.64. The van der Waals surface area contributed by atoms with Crippen molar-refractivity contribution in [3.05, 3.63) is 94.5 Å². The van der Waals surface area contributed by atoms with Gasteiger partial charge < -0.3 is 15.4 Å². The molecule has 0 spiro atoms. The lowest BCUT2D eigenvalue weighted by atomic mass is 9.58. The van der Waals surface area contributed by atoms with Gasteiger partial charge in [-0.1, -0.05) is 54.6 Å². The Balaban J connectivity index is 1.75. The molecule has 1 aliphatic heterocycles. The number of allylic oxidation sites excluding steroid dienone is 2. The van der Waals surface area contributed by atoms with Gasteiger partial charge in [0, 0.05) is 24.9 Å². The van der Waals surface area contributed by atoms with Gasteiger partial charge in [0.1, 0.15) is 18.5 Å². The van der Waals surface area contributed by atoms with E-state index in [1.165, 1.54) is 23.1 Å². The number of hydrogen-bond acceptors (Lipinski definition) is 6. The summed E-state index contributed by atoms with van der Waals surface area (Å²) in [6.45, 7) is 0.251. The lowest BCUT2D eigenvalue weighted by Crippen LogP contribution is -2.49. The number of halogens is 1. The van der Waals surface area contributed by atoms with Gasteiger partial charge in [0.2, 0.25) is 0 Å². The molecule has 0 radical (unpaired) electrons. The molecular weight excluding hydrogens is 433 g/mol. The van der Waals surface area contributed by atoms with Crippen LogP contribution in [0.25, 0.3) is 0 Å². The number of amides is 1. The van der Waals surface area contributed by atoms with Gasteiger partial charge in [0.15, 0.2) is 5.41 Å². The molecule has 0 unspecified atom stereocenters. The first-order valence-electron chi connectivity index (χ1n) is 10.6. The largest absolute Gasteiger partial charge is 0.445 e. The van der Waals surface area contributed by atoms with Crippen LogP contribution in [0.5, 0.6) is 0 Å². The highest BCUT2D eigenvalue weighted by Gasteiger charge is 2.55. The second kappa shape index (κ2) is 9.10. The predicted molar refractivity (Wildman–Crippen MR) is 119 cm³/mol. The van der Waals surface area contributed by atoms with Crippen LogP contribution in [-0.4, -0.2) is 24.1 Å². The van der Waals surface area contributed by atoms with Gasteiger partial charge in [-0.25, -0.2) is 9.18 Å².